The maximum atomic E-state index is 12.1. The van der Waals surface area contributed by atoms with Crippen molar-refractivity contribution in [3.63, 3.8) is 0 Å². The number of hydrogen-bond donors (Lipinski definition) is 1. The molecule has 96 valence electrons. The number of fused-ring (bicyclic) bond motifs is 1. The van der Waals surface area contributed by atoms with Crippen LogP contribution in [0.2, 0.25) is 0 Å². The molecule has 0 aliphatic carbocycles. The zero-order valence-electron chi connectivity index (χ0n) is 10.6. The maximum Gasteiger partial charge on any atom is 0.332 e. The molecule has 2 rings (SSSR count). The van der Waals surface area contributed by atoms with E-state index in [0.29, 0.717) is 23.7 Å². The van der Waals surface area contributed by atoms with Gasteiger partial charge in [0.1, 0.15) is 0 Å². The Balaban J connectivity index is 3.04. The lowest BCUT2D eigenvalue weighted by Crippen LogP contribution is -2.38. The van der Waals surface area contributed by atoms with Crippen molar-refractivity contribution in [3.8, 4) is 0 Å². The summed E-state index contributed by atoms with van der Waals surface area (Å²) in [5, 5.41) is 2.88. The number of aromatic nitrogens is 4. The SMILES string of the molecule is C=CCn1c(=O)n(C)c(=O)c2c1nc(NC)n2C. The Labute approximate surface area is 103 Å². The first-order chi connectivity index (χ1) is 8.52. The molecule has 2 aromatic heterocycles. The first-order valence-electron chi connectivity index (χ1n) is 5.47. The summed E-state index contributed by atoms with van der Waals surface area (Å²) in [5.74, 6) is 0.533. The molecular formula is C11H15N5O2. The standard InChI is InChI=1S/C11H15N5O2/c1-5-6-16-8-7(9(17)15(4)11(16)18)14(3)10(12-2)13-8/h5H,1,6H2,2-4H3,(H,12,13). The molecule has 0 saturated heterocycles. The largest absolute Gasteiger partial charge is 0.359 e. The van der Waals surface area contributed by atoms with E-state index in [1.54, 1.807) is 24.7 Å². The number of nitrogens with zero attached hydrogens (tertiary/aromatic N) is 4. The summed E-state index contributed by atoms with van der Waals surface area (Å²) in [6.07, 6.45) is 1.60. The van der Waals surface area contributed by atoms with Gasteiger partial charge in [-0.3, -0.25) is 13.9 Å². The lowest BCUT2D eigenvalue weighted by atomic mass is 10.5. The summed E-state index contributed by atoms with van der Waals surface area (Å²) < 4.78 is 4.13. The van der Waals surface area contributed by atoms with Gasteiger partial charge in [0, 0.05) is 27.7 Å². The molecule has 1 N–H and O–H groups in total. The van der Waals surface area contributed by atoms with E-state index >= 15 is 0 Å². The molecule has 7 nitrogen and oxygen atoms in total. The van der Waals surface area contributed by atoms with Crippen LogP contribution in [0.5, 0.6) is 0 Å². The molecule has 0 atom stereocenters. The smallest absolute Gasteiger partial charge is 0.332 e. The molecule has 18 heavy (non-hydrogen) atoms. The normalized spacial score (nSPS) is 10.8. The summed E-state index contributed by atoms with van der Waals surface area (Å²) >= 11 is 0. The topological polar surface area (TPSA) is 73.8 Å². The van der Waals surface area contributed by atoms with Gasteiger partial charge in [-0.2, -0.15) is 4.98 Å². The first-order valence-corrected chi connectivity index (χ1v) is 5.47. The average molecular weight is 249 g/mol. The highest BCUT2D eigenvalue weighted by Gasteiger charge is 2.17. The third-order valence-electron chi connectivity index (χ3n) is 2.89. The predicted molar refractivity (Wildman–Crippen MR) is 70.0 cm³/mol. The monoisotopic (exact) mass is 249 g/mol. The molecule has 0 radical (unpaired) electrons. The minimum atomic E-state index is -0.395. The maximum absolute atomic E-state index is 12.1. The van der Waals surface area contributed by atoms with Crippen molar-refractivity contribution in [1.82, 2.24) is 18.7 Å². The first kappa shape index (κ1) is 12.2. The van der Waals surface area contributed by atoms with Gasteiger partial charge < -0.3 is 9.88 Å². The molecule has 0 aliphatic heterocycles. The third kappa shape index (κ3) is 1.47. The predicted octanol–water partition coefficient (Wildman–Crippen LogP) is -0.339. The van der Waals surface area contributed by atoms with E-state index in [4.69, 9.17) is 0 Å². The van der Waals surface area contributed by atoms with E-state index in [2.05, 4.69) is 16.9 Å². The highest BCUT2D eigenvalue weighted by atomic mass is 16.2. The molecule has 0 unspecified atom stereocenters. The molecule has 0 aliphatic rings. The number of nitrogens with one attached hydrogen (secondary N) is 1. The lowest BCUT2D eigenvalue weighted by molar-refractivity contribution is 0.675. The van der Waals surface area contributed by atoms with Crippen LogP contribution in [0, 0.1) is 0 Å². The molecule has 2 heterocycles. The molecule has 0 spiro atoms. The van der Waals surface area contributed by atoms with Crippen LogP contribution in [0.15, 0.2) is 22.2 Å². The van der Waals surface area contributed by atoms with Crippen molar-refractivity contribution < 1.29 is 0 Å². The lowest BCUT2D eigenvalue weighted by Gasteiger charge is -2.06. The van der Waals surface area contributed by atoms with Gasteiger partial charge >= 0.3 is 5.69 Å². The van der Waals surface area contributed by atoms with E-state index in [0.717, 1.165) is 4.57 Å². The molecule has 0 fully saturated rings. The number of anilines is 1. The quantitative estimate of drug-likeness (QED) is 0.755. The van der Waals surface area contributed by atoms with E-state index in [9.17, 15) is 9.59 Å². The summed E-state index contributed by atoms with van der Waals surface area (Å²) in [6.45, 7) is 3.92. The van der Waals surface area contributed by atoms with Crippen LogP contribution in [-0.4, -0.2) is 25.7 Å². The Kier molecular flexibility index (Phi) is 2.82. The number of rotatable bonds is 3. The van der Waals surface area contributed by atoms with Crippen LogP contribution >= 0.6 is 0 Å². The second-order valence-electron chi connectivity index (χ2n) is 3.96. The molecule has 7 heteroatoms. The molecular weight excluding hydrogens is 234 g/mol. The van der Waals surface area contributed by atoms with Crippen molar-refractivity contribution >= 4 is 17.1 Å². The Morgan fingerprint density at radius 1 is 1.33 bits per heavy atom. The second kappa shape index (κ2) is 4.17. The fourth-order valence-electron chi connectivity index (χ4n) is 1.95. The van der Waals surface area contributed by atoms with Crippen molar-refractivity contribution in [1.29, 1.82) is 0 Å². The van der Waals surface area contributed by atoms with Crippen molar-refractivity contribution in [2.75, 3.05) is 12.4 Å². The van der Waals surface area contributed by atoms with Crippen LogP contribution in [0.4, 0.5) is 5.95 Å². The van der Waals surface area contributed by atoms with Crippen molar-refractivity contribution in [2.45, 2.75) is 6.54 Å². The zero-order valence-corrected chi connectivity index (χ0v) is 10.6. The number of hydrogen-bond acceptors (Lipinski definition) is 4. The highest BCUT2D eigenvalue weighted by Crippen LogP contribution is 2.12. The fraction of sp³-hybridized carbons (Fsp3) is 0.364. The van der Waals surface area contributed by atoms with Crippen molar-refractivity contribution in [3.05, 3.63) is 33.5 Å². The third-order valence-corrected chi connectivity index (χ3v) is 2.89. The molecule has 2 aromatic rings. The molecule has 0 saturated carbocycles. The summed E-state index contributed by atoms with van der Waals surface area (Å²) in [6, 6.07) is 0. The van der Waals surface area contributed by atoms with Gasteiger partial charge in [0.05, 0.1) is 0 Å². The Bertz CT molecular complexity index is 734. The van der Waals surface area contributed by atoms with Crippen LogP contribution in [0.3, 0.4) is 0 Å². The van der Waals surface area contributed by atoms with E-state index in [1.807, 2.05) is 0 Å². The van der Waals surface area contributed by atoms with E-state index < -0.39 is 5.69 Å². The Morgan fingerprint density at radius 2 is 2.00 bits per heavy atom. The van der Waals surface area contributed by atoms with Gasteiger partial charge in [-0.15, -0.1) is 6.58 Å². The van der Waals surface area contributed by atoms with Crippen LogP contribution in [0.1, 0.15) is 0 Å². The number of allylic oxidation sites excluding steroid dienone is 1. The second-order valence-corrected chi connectivity index (χ2v) is 3.96. The summed E-state index contributed by atoms with van der Waals surface area (Å²) in [4.78, 5) is 28.4. The average Bonchev–Trinajstić information content (AvgIpc) is 2.69. The Morgan fingerprint density at radius 3 is 2.56 bits per heavy atom. The summed E-state index contributed by atoms with van der Waals surface area (Å²) in [5.41, 5.74) is 0.0121. The van der Waals surface area contributed by atoms with Crippen LogP contribution in [-0.2, 0) is 20.6 Å². The van der Waals surface area contributed by atoms with E-state index in [-0.39, 0.29) is 5.56 Å². The van der Waals surface area contributed by atoms with Gasteiger partial charge in [-0.05, 0) is 0 Å². The number of aryl methyl sites for hydroxylation is 1. The van der Waals surface area contributed by atoms with Gasteiger partial charge in [-0.25, -0.2) is 4.79 Å². The van der Waals surface area contributed by atoms with Gasteiger partial charge in [-0.1, -0.05) is 6.08 Å². The van der Waals surface area contributed by atoms with Gasteiger partial charge in [0.15, 0.2) is 11.2 Å². The molecule has 0 aromatic carbocycles. The Hall–Kier alpha value is -2.31. The molecule has 0 bridgehead atoms. The molecule has 0 amide bonds. The van der Waals surface area contributed by atoms with E-state index in [1.165, 1.54) is 11.6 Å². The fourth-order valence-corrected chi connectivity index (χ4v) is 1.95. The van der Waals surface area contributed by atoms with Gasteiger partial charge in [0.2, 0.25) is 5.95 Å². The van der Waals surface area contributed by atoms with Crippen LogP contribution in [0.25, 0.3) is 11.2 Å². The zero-order chi connectivity index (χ0) is 13.4. The minimum Gasteiger partial charge on any atom is -0.359 e. The van der Waals surface area contributed by atoms with Gasteiger partial charge in [0.25, 0.3) is 5.56 Å². The van der Waals surface area contributed by atoms with Crippen molar-refractivity contribution in [2.24, 2.45) is 14.1 Å². The summed E-state index contributed by atoms with van der Waals surface area (Å²) in [7, 11) is 4.89. The number of imidazole rings is 1. The highest BCUT2D eigenvalue weighted by molar-refractivity contribution is 5.74. The minimum absolute atomic E-state index is 0.309. The van der Waals surface area contributed by atoms with Crippen LogP contribution < -0.4 is 16.6 Å².